The Balaban J connectivity index is 2.05. The predicted octanol–water partition coefficient (Wildman–Crippen LogP) is 1.91. The third-order valence-corrected chi connectivity index (χ3v) is 3.06. The number of nitrogens with one attached hydrogen (secondary N) is 1. The largest absolute Gasteiger partial charge is 0.364 e. The van der Waals surface area contributed by atoms with Crippen molar-refractivity contribution in [3.63, 3.8) is 0 Å². The second kappa shape index (κ2) is 5.19. The third-order valence-electron chi connectivity index (χ3n) is 3.06. The van der Waals surface area contributed by atoms with Gasteiger partial charge in [-0.1, -0.05) is 18.2 Å². The first-order valence-corrected chi connectivity index (χ1v) is 6.04. The number of para-hydroxylation sites is 1. The fraction of sp³-hybridized carbons (Fsp3) is 0.462. The Bertz CT molecular complexity index is 366. The van der Waals surface area contributed by atoms with E-state index in [1.165, 1.54) is 0 Å². The van der Waals surface area contributed by atoms with Gasteiger partial charge in [-0.05, 0) is 26.0 Å². The van der Waals surface area contributed by atoms with Crippen molar-refractivity contribution in [2.45, 2.75) is 32.5 Å². The molecular weight excluding hydrogens is 214 g/mol. The molecule has 92 valence electrons. The van der Waals surface area contributed by atoms with Crippen LogP contribution in [-0.4, -0.2) is 35.2 Å². The number of benzene rings is 1. The van der Waals surface area contributed by atoms with Crippen LogP contribution in [0.3, 0.4) is 0 Å². The second-order valence-electron chi connectivity index (χ2n) is 4.56. The minimum Gasteiger partial charge on any atom is -0.364 e. The third kappa shape index (κ3) is 2.58. The van der Waals surface area contributed by atoms with Gasteiger partial charge in [-0.2, -0.15) is 0 Å². The van der Waals surface area contributed by atoms with Crippen LogP contribution >= 0.6 is 0 Å². The van der Waals surface area contributed by atoms with Crippen LogP contribution in [0.5, 0.6) is 0 Å². The van der Waals surface area contributed by atoms with Gasteiger partial charge in [-0.25, -0.2) is 5.01 Å². The molecule has 1 aromatic carbocycles. The molecule has 1 aliphatic heterocycles. The van der Waals surface area contributed by atoms with Gasteiger partial charge in [0.25, 0.3) is 0 Å². The highest BCUT2D eigenvalue weighted by atomic mass is 16.2. The molecule has 1 amide bonds. The Kier molecular flexibility index (Phi) is 3.64. The minimum absolute atomic E-state index is 0.0669. The van der Waals surface area contributed by atoms with Crippen molar-refractivity contribution in [2.24, 2.45) is 0 Å². The molecule has 0 radical (unpaired) electrons. The highest BCUT2D eigenvalue weighted by Gasteiger charge is 2.31. The summed E-state index contributed by atoms with van der Waals surface area (Å²) in [6, 6.07) is 10.3. The molecule has 2 rings (SSSR count). The van der Waals surface area contributed by atoms with E-state index in [-0.39, 0.29) is 6.17 Å². The molecule has 1 aliphatic rings. The maximum atomic E-state index is 11.2. The summed E-state index contributed by atoms with van der Waals surface area (Å²) >= 11 is 0. The first-order chi connectivity index (χ1) is 8.22. The number of nitrogens with zero attached hydrogens (tertiary/aromatic N) is 2. The monoisotopic (exact) mass is 233 g/mol. The number of amides is 1. The van der Waals surface area contributed by atoms with Crippen LogP contribution in [0.2, 0.25) is 0 Å². The number of hydrogen-bond donors (Lipinski definition) is 1. The molecule has 1 saturated heterocycles. The molecule has 0 bridgehead atoms. The van der Waals surface area contributed by atoms with Crippen LogP contribution in [0.4, 0.5) is 5.69 Å². The van der Waals surface area contributed by atoms with Crippen molar-refractivity contribution >= 4 is 12.1 Å². The van der Waals surface area contributed by atoms with E-state index in [9.17, 15) is 4.79 Å². The maximum absolute atomic E-state index is 11.2. The molecule has 4 heteroatoms. The number of carbonyl (C=O) groups excluding carboxylic acids is 1. The highest BCUT2D eigenvalue weighted by molar-refractivity contribution is 5.51. The van der Waals surface area contributed by atoms with E-state index in [0.29, 0.717) is 6.04 Å². The lowest BCUT2D eigenvalue weighted by atomic mass is 10.3. The van der Waals surface area contributed by atoms with Gasteiger partial charge in [0, 0.05) is 24.7 Å². The summed E-state index contributed by atoms with van der Waals surface area (Å²) in [5.74, 6) is 0. The van der Waals surface area contributed by atoms with Crippen molar-refractivity contribution in [2.75, 3.05) is 11.9 Å². The normalized spacial score (nSPS) is 20.9. The molecule has 1 N–H and O–H groups in total. The van der Waals surface area contributed by atoms with Crippen molar-refractivity contribution in [1.82, 2.24) is 10.0 Å². The fourth-order valence-electron chi connectivity index (χ4n) is 2.21. The molecule has 0 saturated carbocycles. The number of carbonyl (C=O) groups is 1. The Morgan fingerprint density at radius 3 is 2.65 bits per heavy atom. The molecule has 1 atom stereocenters. The number of hydrazine groups is 1. The molecule has 17 heavy (non-hydrogen) atoms. The van der Waals surface area contributed by atoms with Gasteiger partial charge in [0.2, 0.25) is 6.41 Å². The van der Waals surface area contributed by atoms with E-state index >= 15 is 0 Å². The quantitative estimate of drug-likeness (QED) is 0.807. The maximum Gasteiger partial charge on any atom is 0.225 e. The van der Waals surface area contributed by atoms with Crippen LogP contribution in [-0.2, 0) is 4.79 Å². The SMILES string of the molecule is CC(C)N1CCC(Nc2ccccc2)N1C=O. The minimum atomic E-state index is 0.0669. The van der Waals surface area contributed by atoms with Crippen molar-refractivity contribution in [3.05, 3.63) is 30.3 Å². The van der Waals surface area contributed by atoms with Gasteiger partial charge in [0.05, 0.1) is 0 Å². The van der Waals surface area contributed by atoms with Crippen LogP contribution in [0.1, 0.15) is 20.3 Å². The molecular formula is C13H19N3O. The lowest BCUT2D eigenvalue weighted by Crippen LogP contribution is -2.46. The number of anilines is 1. The lowest BCUT2D eigenvalue weighted by molar-refractivity contribution is -0.134. The molecule has 4 nitrogen and oxygen atoms in total. The van der Waals surface area contributed by atoms with Gasteiger partial charge < -0.3 is 5.32 Å². The smallest absolute Gasteiger partial charge is 0.225 e. The average molecular weight is 233 g/mol. The fourth-order valence-corrected chi connectivity index (χ4v) is 2.21. The van der Waals surface area contributed by atoms with Gasteiger partial charge in [-0.3, -0.25) is 9.80 Å². The van der Waals surface area contributed by atoms with Crippen molar-refractivity contribution in [1.29, 1.82) is 0 Å². The van der Waals surface area contributed by atoms with Gasteiger partial charge in [-0.15, -0.1) is 0 Å². The molecule has 0 aliphatic carbocycles. The highest BCUT2D eigenvalue weighted by Crippen LogP contribution is 2.21. The zero-order valence-electron chi connectivity index (χ0n) is 10.3. The van der Waals surface area contributed by atoms with E-state index in [1.54, 1.807) is 5.01 Å². The van der Waals surface area contributed by atoms with Crippen molar-refractivity contribution in [3.8, 4) is 0 Å². The van der Waals surface area contributed by atoms with Crippen LogP contribution in [0.25, 0.3) is 0 Å². The van der Waals surface area contributed by atoms with E-state index in [4.69, 9.17) is 0 Å². The summed E-state index contributed by atoms with van der Waals surface area (Å²) in [7, 11) is 0. The Morgan fingerprint density at radius 1 is 1.35 bits per heavy atom. The van der Waals surface area contributed by atoms with Gasteiger partial charge >= 0.3 is 0 Å². The van der Waals surface area contributed by atoms with E-state index in [2.05, 4.69) is 24.2 Å². The molecule has 0 aromatic heterocycles. The molecule has 1 heterocycles. The van der Waals surface area contributed by atoms with E-state index in [0.717, 1.165) is 25.1 Å². The lowest BCUT2D eigenvalue weighted by Gasteiger charge is -2.32. The summed E-state index contributed by atoms with van der Waals surface area (Å²) < 4.78 is 0. The van der Waals surface area contributed by atoms with Gasteiger partial charge in [0.15, 0.2) is 0 Å². The average Bonchev–Trinajstić information content (AvgIpc) is 2.73. The first-order valence-electron chi connectivity index (χ1n) is 6.04. The zero-order chi connectivity index (χ0) is 12.3. The summed E-state index contributed by atoms with van der Waals surface area (Å²) in [6.45, 7) is 5.11. The second-order valence-corrected chi connectivity index (χ2v) is 4.56. The first kappa shape index (κ1) is 11.9. The standard InChI is InChI=1S/C13H19N3O/c1-11(2)15-9-8-13(16(15)10-17)14-12-6-4-3-5-7-12/h3-7,10-11,13-14H,8-9H2,1-2H3. The number of hydrogen-bond acceptors (Lipinski definition) is 3. The topological polar surface area (TPSA) is 35.6 Å². The molecule has 1 aromatic rings. The Hall–Kier alpha value is -1.55. The molecule has 1 fully saturated rings. The Morgan fingerprint density at radius 2 is 2.06 bits per heavy atom. The van der Waals surface area contributed by atoms with Gasteiger partial charge in [0.1, 0.15) is 6.17 Å². The van der Waals surface area contributed by atoms with Crippen molar-refractivity contribution < 1.29 is 4.79 Å². The summed E-state index contributed by atoms with van der Waals surface area (Å²) in [5.41, 5.74) is 1.05. The summed E-state index contributed by atoms with van der Waals surface area (Å²) in [5, 5.41) is 7.23. The number of rotatable bonds is 4. The van der Waals surface area contributed by atoms with Crippen LogP contribution in [0.15, 0.2) is 30.3 Å². The zero-order valence-corrected chi connectivity index (χ0v) is 10.3. The predicted molar refractivity (Wildman–Crippen MR) is 68.2 cm³/mol. The van der Waals surface area contributed by atoms with Crippen LogP contribution in [0, 0.1) is 0 Å². The summed E-state index contributed by atoms with van der Waals surface area (Å²) in [4.78, 5) is 11.2. The summed E-state index contributed by atoms with van der Waals surface area (Å²) in [6.07, 6.45) is 1.93. The van der Waals surface area contributed by atoms with E-state index < -0.39 is 0 Å². The molecule has 1 unspecified atom stereocenters. The Labute approximate surface area is 102 Å². The van der Waals surface area contributed by atoms with E-state index in [1.807, 2.05) is 30.3 Å². The molecule has 0 spiro atoms. The van der Waals surface area contributed by atoms with Crippen LogP contribution < -0.4 is 5.32 Å².